The molecule has 0 spiro atoms. The Hall–Kier alpha value is -1.96. The molecule has 1 unspecified atom stereocenters. The highest BCUT2D eigenvalue weighted by atomic mass is 16.4. The maximum absolute atomic E-state index is 9.10. The monoisotopic (exact) mass is 283 g/mol. The molecule has 8 nitrogen and oxygen atoms in total. The molecule has 3 saturated heterocycles. The number of aliphatic carboxylic acids is 2. The van der Waals surface area contributed by atoms with Gasteiger partial charge in [-0.3, -0.25) is 0 Å². The van der Waals surface area contributed by atoms with Crippen molar-refractivity contribution < 1.29 is 24.2 Å². The van der Waals surface area contributed by atoms with Crippen molar-refractivity contribution in [3.05, 3.63) is 11.8 Å². The van der Waals surface area contributed by atoms with Gasteiger partial charge in [0.15, 0.2) is 0 Å². The minimum absolute atomic E-state index is 0.499. The van der Waals surface area contributed by atoms with Crippen LogP contribution in [0.25, 0.3) is 0 Å². The second-order valence-electron chi connectivity index (χ2n) is 5.01. The van der Waals surface area contributed by atoms with Crippen LogP contribution in [0.1, 0.15) is 30.5 Å². The number of rotatable bonds is 1. The van der Waals surface area contributed by atoms with E-state index in [1.165, 1.54) is 25.9 Å². The van der Waals surface area contributed by atoms with Crippen molar-refractivity contribution in [3.63, 3.8) is 0 Å². The van der Waals surface area contributed by atoms with Gasteiger partial charge < -0.3 is 19.5 Å². The highest BCUT2D eigenvalue weighted by Crippen LogP contribution is 2.38. The smallest absolute Gasteiger partial charge is 0.414 e. The van der Waals surface area contributed by atoms with Crippen LogP contribution in [0.4, 0.5) is 0 Å². The zero-order valence-corrected chi connectivity index (χ0v) is 11.2. The van der Waals surface area contributed by atoms with Crippen molar-refractivity contribution in [2.75, 3.05) is 19.6 Å². The van der Waals surface area contributed by atoms with E-state index < -0.39 is 11.9 Å². The van der Waals surface area contributed by atoms with E-state index in [2.05, 4.69) is 15.1 Å². The fourth-order valence-electron chi connectivity index (χ4n) is 2.71. The number of hydrogen-bond acceptors (Lipinski definition) is 6. The summed E-state index contributed by atoms with van der Waals surface area (Å²) in [5, 5.41) is 22.8. The summed E-state index contributed by atoms with van der Waals surface area (Å²) >= 11 is 0. The molecular weight excluding hydrogens is 266 g/mol. The van der Waals surface area contributed by atoms with Crippen molar-refractivity contribution in [2.24, 2.45) is 5.92 Å². The van der Waals surface area contributed by atoms with E-state index in [-0.39, 0.29) is 0 Å². The first-order valence-corrected chi connectivity index (χ1v) is 6.46. The SMILES string of the molecule is Cc1nnc(C2CN3CCC2CC3)o1.O=C(O)C(=O)O. The number of hydrogen-bond donors (Lipinski definition) is 2. The lowest BCUT2D eigenvalue weighted by Gasteiger charge is -2.43. The topological polar surface area (TPSA) is 117 Å². The predicted molar refractivity (Wildman–Crippen MR) is 66.2 cm³/mol. The number of carboxylic acids is 2. The normalized spacial score (nSPS) is 27.6. The van der Waals surface area contributed by atoms with Gasteiger partial charge in [0.25, 0.3) is 0 Å². The van der Waals surface area contributed by atoms with Crippen LogP contribution in [0.15, 0.2) is 4.42 Å². The zero-order chi connectivity index (χ0) is 14.7. The summed E-state index contributed by atoms with van der Waals surface area (Å²) in [6, 6.07) is 0. The van der Waals surface area contributed by atoms with Crippen LogP contribution in [0.3, 0.4) is 0 Å². The molecule has 0 radical (unpaired) electrons. The van der Waals surface area contributed by atoms with Crippen LogP contribution in [0.5, 0.6) is 0 Å². The van der Waals surface area contributed by atoms with Crippen molar-refractivity contribution in [1.82, 2.24) is 15.1 Å². The first kappa shape index (κ1) is 14.4. The van der Waals surface area contributed by atoms with Gasteiger partial charge in [-0.25, -0.2) is 9.59 Å². The summed E-state index contributed by atoms with van der Waals surface area (Å²) in [7, 11) is 0. The van der Waals surface area contributed by atoms with E-state index in [1.54, 1.807) is 0 Å². The Bertz CT molecular complexity index is 481. The number of aryl methyl sites for hydroxylation is 1. The van der Waals surface area contributed by atoms with Crippen molar-refractivity contribution >= 4 is 11.9 Å². The first-order valence-electron chi connectivity index (χ1n) is 6.46. The second-order valence-corrected chi connectivity index (χ2v) is 5.01. The summed E-state index contributed by atoms with van der Waals surface area (Å²) in [5.41, 5.74) is 0. The maximum atomic E-state index is 9.10. The van der Waals surface area contributed by atoms with Gasteiger partial charge in [0.05, 0.1) is 5.92 Å². The summed E-state index contributed by atoms with van der Waals surface area (Å²) in [4.78, 5) is 20.7. The lowest BCUT2D eigenvalue weighted by molar-refractivity contribution is -0.159. The Morgan fingerprint density at radius 2 is 1.80 bits per heavy atom. The van der Waals surface area contributed by atoms with Gasteiger partial charge in [0.2, 0.25) is 11.8 Å². The molecule has 20 heavy (non-hydrogen) atoms. The van der Waals surface area contributed by atoms with Gasteiger partial charge in [-0.05, 0) is 31.8 Å². The molecule has 0 aliphatic carbocycles. The largest absolute Gasteiger partial charge is 0.473 e. The van der Waals surface area contributed by atoms with E-state index >= 15 is 0 Å². The Morgan fingerprint density at radius 1 is 1.20 bits per heavy atom. The van der Waals surface area contributed by atoms with Gasteiger partial charge in [-0.2, -0.15) is 0 Å². The number of carboxylic acid groups (broad SMARTS) is 2. The highest BCUT2D eigenvalue weighted by molar-refractivity contribution is 6.27. The third-order valence-electron chi connectivity index (χ3n) is 3.70. The van der Waals surface area contributed by atoms with E-state index in [1.807, 2.05) is 6.92 Å². The first-order chi connectivity index (χ1) is 9.47. The van der Waals surface area contributed by atoms with Crippen LogP contribution in [0, 0.1) is 12.8 Å². The van der Waals surface area contributed by atoms with Crippen molar-refractivity contribution in [3.8, 4) is 0 Å². The van der Waals surface area contributed by atoms with Crippen molar-refractivity contribution in [2.45, 2.75) is 25.7 Å². The van der Waals surface area contributed by atoms with Gasteiger partial charge >= 0.3 is 11.9 Å². The molecule has 4 rings (SSSR count). The van der Waals surface area contributed by atoms with Crippen LogP contribution in [0.2, 0.25) is 0 Å². The summed E-state index contributed by atoms with van der Waals surface area (Å²) in [6.07, 6.45) is 2.60. The van der Waals surface area contributed by atoms with E-state index in [9.17, 15) is 0 Å². The maximum Gasteiger partial charge on any atom is 0.414 e. The Kier molecular flexibility index (Phi) is 4.33. The quantitative estimate of drug-likeness (QED) is 0.709. The van der Waals surface area contributed by atoms with Gasteiger partial charge in [-0.15, -0.1) is 10.2 Å². The fraction of sp³-hybridized carbons (Fsp3) is 0.667. The zero-order valence-electron chi connectivity index (χ0n) is 11.2. The molecular formula is C12H17N3O5. The third-order valence-corrected chi connectivity index (χ3v) is 3.70. The molecule has 1 aromatic rings. The molecule has 8 heteroatoms. The number of aromatic nitrogens is 2. The molecule has 0 amide bonds. The molecule has 4 heterocycles. The van der Waals surface area contributed by atoms with E-state index in [0.717, 1.165) is 18.4 Å². The average Bonchev–Trinajstić information content (AvgIpc) is 2.87. The minimum Gasteiger partial charge on any atom is -0.473 e. The number of piperidine rings is 3. The highest BCUT2D eigenvalue weighted by Gasteiger charge is 2.37. The fourth-order valence-corrected chi connectivity index (χ4v) is 2.71. The van der Waals surface area contributed by atoms with E-state index in [4.69, 9.17) is 24.2 Å². The van der Waals surface area contributed by atoms with E-state index in [0.29, 0.717) is 11.8 Å². The Labute approximate surface area is 115 Å². The van der Waals surface area contributed by atoms with Crippen LogP contribution >= 0.6 is 0 Å². The third kappa shape index (κ3) is 3.32. The molecule has 3 aliphatic rings. The molecule has 1 atom stereocenters. The molecule has 3 fully saturated rings. The van der Waals surface area contributed by atoms with Gasteiger partial charge in [-0.1, -0.05) is 0 Å². The second kappa shape index (κ2) is 6.00. The molecule has 2 N–H and O–H groups in total. The molecule has 2 bridgehead atoms. The molecule has 3 aliphatic heterocycles. The van der Waals surface area contributed by atoms with Crippen molar-refractivity contribution in [1.29, 1.82) is 0 Å². The number of nitrogens with zero attached hydrogens (tertiary/aromatic N) is 3. The lowest BCUT2D eigenvalue weighted by atomic mass is 9.79. The Morgan fingerprint density at radius 3 is 2.15 bits per heavy atom. The summed E-state index contributed by atoms with van der Waals surface area (Å²) in [6.45, 7) is 5.49. The molecule has 1 aromatic heterocycles. The predicted octanol–water partition coefficient (Wildman–Crippen LogP) is 0.343. The Balaban J connectivity index is 0.000000212. The number of fused-ring (bicyclic) bond motifs is 3. The molecule has 0 saturated carbocycles. The van der Waals surface area contributed by atoms with Crippen LogP contribution < -0.4 is 0 Å². The minimum atomic E-state index is -1.82. The standard InChI is InChI=1S/C10H15N3O.C2H2O4/c1-7-11-12-10(14-7)9-6-13-4-2-8(9)3-5-13;3-1(4)2(5)6/h8-9H,2-6H2,1H3;(H,3,4)(H,5,6). The van der Waals surface area contributed by atoms with Gasteiger partial charge in [0.1, 0.15) is 0 Å². The number of carbonyl (C=O) groups is 2. The average molecular weight is 283 g/mol. The van der Waals surface area contributed by atoms with Crippen LogP contribution in [-0.4, -0.2) is 56.9 Å². The molecule has 110 valence electrons. The molecule has 0 aromatic carbocycles. The van der Waals surface area contributed by atoms with Crippen LogP contribution in [-0.2, 0) is 9.59 Å². The summed E-state index contributed by atoms with van der Waals surface area (Å²) < 4.78 is 5.53. The summed E-state index contributed by atoms with van der Waals surface area (Å²) in [5.74, 6) is -0.822. The lowest BCUT2D eigenvalue weighted by Crippen LogP contribution is -2.46. The van der Waals surface area contributed by atoms with Gasteiger partial charge in [0, 0.05) is 13.5 Å².